The number of carbonyl (C=O) groups is 2. The van der Waals surface area contributed by atoms with Gasteiger partial charge in [0, 0.05) is 38.9 Å². The number of ether oxygens (including phenoxy) is 2. The highest BCUT2D eigenvalue weighted by molar-refractivity contribution is 7.89. The molecule has 0 saturated carbocycles. The van der Waals surface area contributed by atoms with Crippen molar-refractivity contribution in [3.05, 3.63) is 71.0 Å². The molecule has 36 heavy (non-hydrogen) atoms. The van der Waals surface area contributed by atoms with Crippen LogP contribution in [0.3, 0.4) is 0 Å². The van der Waals surface area contributed by atoms with Crippen molar-refractivity contribution in [1.29, 1.82) is 0 Å². The van der Waals surface area contributed by atoms with Crippen LogP contribution in [0.25, 0.3) is 5.76 Å². The number of aliphatic hydroxyl groups excluding tert-OH is 1. The number of halogens is 1. The maximum atomic E-state index is 13.6. The molecule has 0 aliphatic carbocycles. The molecule has 4 rings (SSSR count). The molecule has 2 heterocycles. The van der Waals surface area contributed by atoms with Crippen molar-refractivity contribution < 1.29 is 37.0 Å². The molecular formula is C25H27FN2O7S. The minimum Gasteiger partial charge on any atom is -0.507 e. The number of methoxy groups -OCH3 is 1. The van der Waals surface area contributed by atoms with Gasteiger partial charge in [0.2, 0.25) is 10.0 Å². The molecule has 1 N–H and O–H groups in total. The molecule has 9 nitrogen and oxygen atoms in total. The van der Waals surface area contributed by atoms with E-state index in [-0.39, 0.29) is 35.7 Å². The highest BCUT2D eigenvalue weighted by Crippen LogP contribution is 2.39. The van der Waals surface area contributed by atoms with Crippen molar-refractivity contribution in [2.45, 2.75) is 17.4 Å². The summed E-state index contributed by atoms with van der Waals surface area (Å²) < 4.78 is 51.0. The third kappa shape index (κ3) is 5.05. The highest BCUT2D eigenvalue weighted by atomic mass is 32.2. The number of Topliss-reactive ketones (excluding diaryl/α,β-unsaturated/α-hetero) is 1. The average Bonchev–Trinajstić information content (AvgIpc) is 3.14. The predicted octanol–water partition coefficient (Wildman–Crippen LogP) is 2.30. The monoisotopic (exact) mass is 518 g/mol. The van der Waals surface area contributed by atoms with E-state index in [2.05, 4.69) is 0 Å². The maximum absolute atomic E-state index is 13.6. The van der Waals surface area contributed by atoms with Crippen molar-refractivity contribution in [3.8, 4) is 0 Å². The zero-order valence-electron chi connectivity index (χ0n) is 19.7. The van der Waals surface area contributed by atoms with Crippen LogP contribution in [0.4, 0.5) is 4.39 Å². The number of nitrogens with zero attached hydrogens (tertiary/aromatic N) is 2. The molecule has 2 aliphatic heterocycles. The lowest BCUT2D eigenvalue weighted by molar-refractivity contribution is -0.140. The molecular weight excluding hydrogens is 491 g/mol. The van der Waals surface area contributed by atoms with Gasteiger partial charge < -0.3 is 19.5 Å². The van der Waals surface area contributed by atoms with E-state index in [0.29, 0.717) is 31.8 Å². The number of morpholine rings is 1. The minimum atomic E-state index is -3.74. The average molecular weight is 519 g/mol. The summed E-state index contributed by atoms with van der Waals surface area (Å²) in [7, 11) is -2.22. The van der Waals surface area contributed by atoms with Crippen molar-refractivity contribution in [2.75, 3.05) is 46.6 Å². The summed E-state index contributed by atoms with van der Waals surface area (Å²) in [6.45, 7) is 1.66. The number of sulfonamides is 1. The Morgan fingerprint density at radius 1 is 1.08 bits per heavy atom. The predicted molar refractivity (Wildman–Crippen MR) is 128 cm³/mol. The molecule has 0 radical (unpaired) electrons. The van der Waals surface area contributed by atoms with Crippen LogP contribution in [0.2, 0.25) is 0 Å². The first-order valence-corrected chi connectivity index (χ1v) is 12.9. The van der Waals surface area contributed by atoms with Crippen LogP contribution in [-0.4, -0.2) is 81.0 Å². The zero-order chi connectivity index (χ0) is 25.9. The lowest BCUT2D eigenvalue weighted by Crippen LogP contribution is -2.40. The van der Waals surface area contributed by atoms with Crippen molar-refractivity contribution >= 4 is 27.5 Å². The number of aliphatic hydroxyl groups is 1. The van der Waals surface area contributed by atoms with E-state index in [0.717, 1.165) is 0 Å². The molecule has 2 aromatic rings. The van der Waals surface area contributed by atoms with Crippen LogP contribution in [0.15, 0.2) is 59.0 Å². The third-order valence-electron chi connectivity index (χ3n) is 6.21. The first-order valence-electron chi connectivity index (χ1n) is 11.5. The second-order valence-electron chi connectivity index (χ2n) is 8.43. The van der Waals surface area contributed by atoms with Crippen LogP contribution >= 0.6 is 0 Å². The number of likely N-dealkylation sites (tertiary alicyclic amines) is 1. The van der Waals surface area contributed by atoms with Gasteiger partial charge in [0.05, 0.1) is 29.7 Å². The van der Waals surface area contributed by atoms with Crippen molar-refractivity contribution in [3.63, 3.8) is 0 Å². The van der Waals surface area contributed by atoms with Gasteiger partial charge in [-0.1, -0.05) is 12.1 Å². The first kappa shape index (κ1) is 26.0. The normalized spacial score (nSPS) is 20.7. The fourth-order valence-corrected chi connectivity index (χ4v) is 5.77. The summed E-state index contributed by atoms with van der Waals surface area (Å²) in [5.74, 6) is -2.57. The van der Waals surface area contributed by atoms with Gasteiger partial charge in [-0.15, -0.1) is 0 Å². The van der Waals surface area contributed by atoms with Gasteiger partial charge in [0.25, 0.3) is 11.7 Å². The molecule has 11 heteroatoms. The van der Waals surface area contributed by atoms with Crippen LogP contribution in [0.1, 0.15) is 23.6 Å². The van der Waals surface area contributed by atoms with Gasteiger partial charge in [-0.2, -0.15) is 4.31 Å². The number of rotatable bonds is 8. The largest absolute Gasteiger partial charge is 0.507 e. The number of hydrogen-bond acceptors (Lipinski definition) is 7. The lowest BCUT2D eigenvalue weighted by Gasteiger charge is -2.26. The molecule has 192 valence electrons. The number of amides is 1. The Morgan fingerprint density at radius 2 is 1.72 bits per heavy atom. The SMILES string of the molecule is COCCCN1C(=O)C(=O)C(=C(O)c2ccc(S(=O)(=O)N3CCOCC3)cc2)C1c1ccc(F)cc1. The Bertz CT molecular complexity index is 1250. The number of benzene rings is 2. The summed E-state index contributed by atoms with van der Waals surface area (Å²) in [5, 5.41) is 11.1. The second kappa shape index (κ2) is 10.9. The number of carbonyl (C=O) groups excluding carboxylic acids is 2. The minimum absolute atomic E-state index is 0.0380. The molecule has 2 aliphatic rings. The van der Waals surface area contributed by atoms with E-state index in [1.165, 1.54) is 64.8 Å². The van der Waals surface area contributed by atoms with Gasteiger partial charge in [-0.05, 0) is 48.4 Å². The molecule has 1 amide bonds. The second-order valence-corrected chi connectivity index (χ2v) is 10.4. The maximum Gasteiger partial charge on any atom is 0.295 e. The van der Waals surface area contributed by atoms with Crippen LogP contribution in [0, 0.1) is 5.82 Å². The third-order valence-corrected chi connectivity index (χ3v) is 8.12. The quantitative estimate of drug-likeness (QED) is 0.247. The highest BCUT2D eigenvalue weighted by Gasteiger charge is 2.45. The van der Waals surface area contributed by atoms with Crippen LogP contribution in [-0.2, 0) is 29.1 Å². The Morgan fingerprint density at radius 3 is 2.33 bits per heavy atom. The molecule has 0 aromatic heterocycles. The molecule has 2 aromatic carbocycles. The summed E-state index contributed by atoms with van der Waals surface area (Å²) in [6.07, 6.45) is 0.454. The molecule has 0 spiro atoms. The summed E-state index contributed by atoms with van der Waals surface area (Å²) in [6, 6.07) is 9.90. The van der Waals surface area contributed by atoms with Crippen LogP contribution in [0.5, 0.6) is 0 Å². The molecule has 1 atom stereocenters. The summed E-state index contributed by atoms with van der Waals surface area (Å²) >= 11 is 0. The topological polar surface area (TPSA) is 113 Å². The standard InChI is InChI=1S/C25H27FN2O7S/c1-34-14-2-11-28-22(17-3-7-19(26)8-4-17)21(24(30)25(28)31)23(29)18-5-9-20(10-6-18)36(32,33)27-12-15-35-16-13-27/h3-10,22,29H,2,11-16H2,1H3. The first-order chi connectivity index (χ1) is 17.3. The fraction of sp³-hybridized carbons (Fsp3) is 0.360. The summed E-state index contributed by atoms with van der Waals surface area (Å²) in [5.41, 5.74) is 0.492. The molecule has 1 unspecified atom stereocenters. The Labute approximate surface area is 208 Å². The van der Waals surface area contributed by atoms with E-state index in [9.17, 15) is 27.5 Å². The molecule has 2 fully saturated rings. The van der Waals surface area contributed by atoms with E-state index < -0.39 is 39.3 Å². The van der Waals surface area contributed by atoms with E-state index >= 15 is 0 Å². The molecule has 2 saturated heterocycles. The van der Waals surface area contributed by atoms with Gasteiger partial charge in [0.1, 0.15) is 11.6 Å². The van der Waals surface area contributed by atoms with Crippen molar-refractivity contribution in [1.82, 2.24) is 9.21 Å². The number of ketones is 1. The Kier molecular flexibility index (Phi) is 7.84. The lowest BCUT2D eigenvalue weighted by atomic mass is 9.95. The van der Waals surface area contributed by atoms with Gasteiger partial charge in [-0.25, -0.2) is 12.8 Å². The van der Waals surface area contributed by atoms with E-state index in [1.807, 2.05) is 0 Å². The van der Waals surface area contributed by atoms with Gasteiger partial charge in [-0.3, -0.25) is 9.59 Å². The zero-order valence-corrected chi connectivity index (χ0v) is 20.5. The Hall–Kier alpha value is -3.12. The molecule has 0 bridgehead atoms. The van der Waals surface area contributed by atoms with Crippen LogP contribution < -0.4 is 0 Å². The summed E-state index contributed by atoms with van der Waals surface area (Å²) in [4.78, 5) is 27.3. The van der Waals surface area contributed by atoms with Gasteiger partial charge >= 0.3 is 0 Å². The smallest absolute Gasteiger partial charge is 0.295 e. The number of hydrogen-bond donors (Lipinski definition) is 1. The van der Waals surface area contributed by atoms with Crippen molar-refractivity contribution in [2.24, 2.45) is 0 Å². The van der Waals surface area contributed by atoms with Gasteiger partial charge in [0.15, 0.2) is 0 Å². The van der Waals surface area contributed by atoms with E-state index in [4.69, 9.17) is 9.47 Å². The van der Waals surface area contributed by atoms with E-state index in [1.54, 1.807) is 0 Å². The fourth-order valence-electron chi connectivity index (χ4n) is 4.36. The Balaban J connectivity index is 1.71.